The number of carbonyl (C=O) groups is 2. The van der Waals surface area contributed by atoms with Crippen LogP contribution in [0.1, 0.15) is 34.1 Å². The van der Waals surface area contributed by atoms with Crippen molar-refractivity contribution in [2.75, 3.05) is 17.6 Å². The monoisotopic (exact) mass is 285 g/mol. The molecule has 0 spiro atoms. The third-order valence-corrected chi connectivity index (χ3v) is 3.82. The molecule has 1 N–H and O–H groups in total. The summed E-state index contributed by atoms with van der Waals surface area (Å²) >= 11 is 0. The number of esters is 1. The molecule has 0 atom stereocenters. The molecule has 19 heavy (non-hydrogen) atoms. The van der Waals surface area contributed by atoms with E-state index in [-0.39, 0.29) is 22.6 Å². The average Bonchev–Trinajstić information content (AvgIpc) is 2.37. The molecular formula is C12H15NO5S. The van der Waals surface area contributed by atoms with Gasteiger partial charge in [0.15, 0.2) is 6.29 Å². The largest absolute Gasteiger partial charge is 0.465 e. The molecule has 1 aromatic rings. The number of para-hydroxylation sites is 1. The summed E-state index contributed by atoms with van der Waals surface area (Å²) in [5.41, 5.74) is 0.0483. The Morgan fingerprint density at radius 3 is 2.63 bits per heavy atom. The number of ether oxygens (including phenoxy) is 1. The van der Waals surface area contributed by atoms with Crippen LogP contribution >= 0.6 is 0 Å². The molecule has 1 rings (SSSR count). The molecule has 0 aliphatic carbocycles. The van der Waals surface area contributed by atoms with Gasteiger partial charge in [0.2, 0.25) is 10.0 Å². The van der Waals surface area contributed by atoms with Gasteiger partial charge in [0.25, 0.3) is 0 Å². The van der Waals surface area contributed by atoms with Crippen molar-refractivity contribution in [2.24, 2.45) is 0 Å². The Kier molecular flexibility index (Phi) is 5.05. The van der Waals surface area contributed by atoms with Gasteiger partial charge in [0.05, 0.1) is 24.1 Å². The molecule has 1 aromatic carbocycles. The summed E-state index contributed by atoms with van der Waals surface area (Å²) in [6, 6.07) is 4.29. The first-order valence-corrected chi connectivity index (χ1v) is 7.27. The number of benzene rings is 1. The quantitative estimate of drug-likeness (QED) is 0.631. The van der Waals surface area contributed by atoms with Crippen LogP contribution in [0, 0.1) is 0 Å². The zero-order valence-corrected chi connectivity index (χ0v) is 11.5. The van der Waals surface area contributed by atoms with E-state index in [9.17, 15) is 18.0 Å². The molecule has 0 radical (unpaired) electrons. The summed E-state index contributed by atoms with van der Waals surface area (Å²) < 4.78 is 30.3. The minimum Gasteiger partial charge on any atom is -0.465 e. The maximum atomic E-state index is 11.8. The SMILES string of the molecule is CCCS(=O)(=O)Nc1c(C=O)cccc1C(=O)OC. The lowest BCUT2D eigenvalue weighted by molar-refractivity contribution is 0.0602. The highest BCUT2D eigenvalue weighted by molar-refractivity contribution is 7.92. The van der Waals surface area contributed by atoms with Gasteiger partial charge in [-0.3, -0.25) is 9.52 Å². The summed E-state index contributed by atoms with van der Waals surface area (Å²) in [7, 11) is -2.42. The van der Waals surface area contributed by atoms with Crippen molar-refractivity contribution in [2.45, 2.75) is 13.3 Å². The number of hydrogen-bond donors (Lipinski definition) is 1. The number of methoxy groups -OCH3 is 1. The van der Waals surface area contributed by atoms with Crippen molar-refractivity contribution >= 4 is 28.0 Å². The number of hydrogen-bond acceptors (Lipinski definition) is 5. The van der Waals surface area contributed by atoms with Crippen LogP contribution in [0.4, 0.5) is 5.69 Å². The molecule has 0 unspecified atom stereocenters. The fraction of sp³-hybridized carbons (Fsp3) is 0.333. The third-order valence-electron chi connectivity index (χ3n) is 2.36. The van der Waals surface area contributed by atoms with Crippen LogP contribution in [0.5, 0.6) is 0 Å². The second-order valence-corrected chi connectivity index (χ2v) is 5.64. The molecule has 0 saturated heterocycles. The first kappa shape index (κ1) is 15.2. The van der Waals surface area contributed by atoms with E-state index >= 15 is 0 Å². The van der Waals surface area contributed by atoms with Crippen LogP contribution in [0.2, 0.25) is 0 Å². The van der Waals surface area contributed by atoms with Gasteiger partial charge >= 0.3 is 5.97 Å². The third kappa shape index (κ3) is 3.78. The molecule has 0 amide bonds. The van der Waals surface area contributed by atoms with Gasteiger partial charge in [0, 0.05) is 5.56 Å². The van der Waals surface area contributed by atoms with Crippen molar-refractivity contribution in [3.05, 3.63) is 29.3 Å². The minimum absolute atomic E-state index is 0.00628. The van der Waals surface area contributed by atoms with E-state index in [0.717, 1.165) is 0 Å². The number of nitrogens with one attached hydrogen (secondary N) is 1. The number of carbonyl (C=O) groups excluding carboxylic acids is 2. The van der Waals surface area contributed by atoms with E-state index in [0.29, 0.717) is 12.7 Å². The summed E-state index contributed by atoms with van der Waals surface area (Å²) in [6.07, 6.45) is 0.905. The molecule has 0 saturated carbocycles. The van der Waals surface area contributed by atoms with Crippen LogP contribution in [-0.2, 0) is 14.8 Å². The van der Waals surface area contributed by atoms with Gasteiger partial charge in [-0.1, -0.05) is 13.0 Å². The predicted octanol–water partition coefficient (Wildman–Crippen LogP) is 1.44. The maximum Gasteiger partial charge on any atom is 0.340 e. The molecule has 0 heterocycles. The van der Waals surface area contributed by atoms with E-state index < -0.39 is 16.0 Å². The number of anilines is 1. The lowest BCUT2D eigenvalue weighted by Gasteiger charge is -2.12. The summed E-state index contributed by atoms with van der Waals surface area (Å²) in [5.74, 6) is -0.807. The second kappa shape index (κ2) is 6.33. The molecule has 0 aliphatic heterocycles. The van der Waals surface area contributed by atoms with Gasteiger partial charge in [-0.25, -0.2) is 13.2 Å². The Hall–Kier alpha value is -1.89. The zero-order chi connectivity index (χ0) is 14.5. The first-order chi connectivity index (χ1) is 8.95. The van der Waals surface area contributed by atoms with E-state index in [1.54, 1.807) is 6.92 Å². The normalized spacial score (nSPS) is 10.8. The van der Waals surface area contributed by atoms with Crippen molar-refractivity contribution in [3.63, 3.8) is 0 Å². The Morgan fingerprint density at radius 2 is 2.11 bits per heavy atom. The summed E-state index contributed by atoms with van der Waals surface area (Å²) in [4.78, 5) is 22.5. The van der Waals surface area contributed by atoms with Crippen LogP contribution in [0.15, 0.2) is 18.2 Å². The first-order valence-electron chi connectivity index (χ1n) is 5.62. The van der Waals surface area contributed by atoms with Crippen molar-refractivity contribution in [3.8, 4) is 0 Å². The Bertz CT molecular complexity index is 580. The molecule has 6 nitrogen and oxygen atoms in total. The highest BCUT2D eigenvalue weighted by Gasteiger charge is 2.19. The Labute approximate surface area is 111 Å². The van der Waals surface area contributed by atoms with Gasteiger partial charge < -0.3 is 4.74 Å². The number of aldehydes is 1. The highest BCUT2D eigenvalue weighted by Crippen LogP contribution is 2.22. The standard InChI is InChI=1S/C12H15NO5S/c1-3-7-19(16,17)13-11-9(8-14)5-4-6-10(11)12(15)18-2/h4-6,8,13H,3,7H2,1-2H3. The summed E-state index contributed by atoms with van der Waals surface area (Å²) in [5, 5.41) is 0. The molecule has 0 bridgehead atoms. The molecule has 104 valence electrons. The molecule has 0 fully saturated rings. The second-order valence-electron chi connectivity index (χ2n) is 3.80. The van der Waals surface area contributed by atoms with E-state index in [2.05, 4.69) is 9.46 Å². The minimum atomic E-state index is -3.60. The smallest absolute Gasteiger partial charge is 0.340 e. The molecule has 0 aromatic heterocycles. The lowest BCUT2D eigenvalue weighted by atomic mass is 10.1. The topological polar surface area (TPSA) is 89.5 Å². The zero-order valence-electron chi connectivity index (χ0n) is 10.7. The van der Waals surface area contributed by atoms with Crippen molar-refractivity contribution in [1.82, 2.24) is 0 Å². The van der Waals surface area contributed by atoms with E-state index in [1.165, 1.54) is 25.3 Å². The van der Waals surface area contributed by atoms with Crippen molar-refractivity contribution in [1.29, 1.82) is 0 Å². The van der Waals surface area contributed by atoms with Gasteiger partial charge in [0.1, 0.15) is 0 Å². The van der Waals surface area contributed by atoms with Gasteiger partial charge in [-0.05, 0) is 18.6 Å². The number of sulfonamides is 1. The molecule has 0 aliphatic rings. The highest BCUT2D eigenvalue weighted by atomic mass is 32.2. The van der Waals surface area contributed by atoms with E-state index in [4.69, 9.17) is 0 Å². The summed E-state index contributed by atoms with van der Waals surface area (Å²) in [6.45, 7) is 1.71. The Balaban J connectivity index is 3.30. The van der Waals surface area contributed by atoms with Crippen LogP contribution in [-0.4, -0.2) is 33.5 Å². The fourth-order valence-corrected chi connectivity index (χ4v) is 2.72. The molecule has 7 heteroatoms. The van der Waals surface area contributed by atoms with E-state index in [1.807, 2.05) is 0 Å². The average molecular weight is 285 g/mol. The predicted molar refractivity (Wildman–Crippen MR) is 70.9 cm³/mol. The number of rotatable bonds is 6. The molecular weight excluding hydrogens is 270 g/mol. The van der Waals surface area contributed by atoms with Crippen LogP contribution < -0.4 is 4.72 Å². The van der Waals surface area contributed by atoms with Crippen LogP contribution in [0.25, 0.3) is 0 Å². The fourth-order valence-electron chi connectivity index (χ4n) is 1.54. The van der Waals surface area contributed by atoms with Crippen LogP contribution in [0.3, 0.4) is 0 Å². The van der Waals surface area contributed by atoms with Crippen molar-refractivity contribution < 1.29 is 22.7 Å². The lowest BCUT2D eigenvalue weighted by Crippen LogP contribution is -2.19. The van der Waals surface area contributed by atoms with Gasteiger partial charge in [-0.15, -0.1) is 0 Å². The van der Waals surface area contributed by atoms with Gasteiger partial charge in [-0.2, -0.15) is 0 Å². The Morgan fingerprint density at radius 1 is 1.42 bits per heavy atom. The maximum absolute atomic E-state index is 11.8.